The number of hydrogen-bond acceptors (Lipinski definition) is 4. The summed E-state index contributed by atoms with van der Waals surface area (Å²) in [6, 6.07) is 7.87. The lowest BCUT2D eigenvalue weighted by molar-refractivity contribution is -0.133. The fourth-order valence-electron chi connectivity index (χ4n) is 4.16. The normalized spacial score (nSPS) is 20.1. The molecule has 0 aliphatic carbocycles. The maximum absolute atomic E-state index is 12.6. The standard InChI is InChI=1S/C23H36N4O2/c1-3-20-8-10-21(11-9-20)24-23(29)19(2)26-16-14-25(15-17-26)18-22(28)27-12-6-4-5-7-13-27/h8-11,19H,3-7,12-18H2,1-2H3,(H,24,29)/t19-/m1/s1. The van der Waals surface area contributed by atoms with Crippen LogP contribution in [-0.2, 0) is 16.0 Å². The van der Waals surface area contributed by atoms with E-state index in [4.69, 9.17) is 0 Å². The average molecular weight is 401 g/mol. The van der Waals surface area contributed by atoms with Gasteiger partial charge in [0.1, 0.15) is 0 Å². The second-order valence-corrected chi connectivity index (χ2v) is 8.32. The first-order chi connectivity index (χ1) is 14.1. The van der Waals surface area contributed by atoms with Gasteiger partial charge in [-0.1, -0.05) is 31.9 Å². The van der Waals surface area contributed by atoms with Crippen molar-refractivity contribution in [3.8, 4) is 0 Å². The van der Waals surface area contributed by atoms with Crippen LogP contribution in [0.3, 0.4) is 0 Å². The minimum absolute atomic E-state index is 0.0309. The largest absolute Gasteiger partial charge is 0.342 e. The first-order valence-corrected chi connectivity index (χ1v) is 11.2. The second kappa shape index (κ2) is 10.7. The van der Waals surface area contributed by atoms with E-state index in [9.17, 15) is 9.59 Å². The third-order valence-electron chi connectivity index (χ3n) is 6.28. The number of nitrogens with zero attached hydrogens (tertiary/aromatic N) is 3. The van der Waals surface area contributed by atoms with E-state index in [0.717, 1.165) is 64.2 Å². The van der Waals surface area contributed by atoms with Crippen molar-refractivity contribution >= 4 is 17.5 Å². The van der Waals surface area contributed by atoms with Crippen LogP contribution in [0.5, 0.6) is 0 Å². The van der Waals surface area contributed by atoms with Gasteiger partial charge in [-0.05, 0) is 43.9 Å². The SMILES string of the molecule is CCc1ccc(NC(=O)[C@@H](C)N2CCN(CC(=O)N3CCCCCC3)CC2)cc1. The molecule has 0 unspecified atom stereocenters. The molecule has 2 saturated heterocycles. The Balaban J connectivity index is 1.42. The molecule has 2 amide bonds. The van der Waals surface area contributed by atoms with E-state index in [1.165, 1.54) is 18.4 Å². The van der Waals surface area contributed by atoms with Crippen LogP contribution in [-0.4, -0.2) is 78.4 Å². The molecule has 1 atom stereocenters. The number of rotatable bonds is 6. The molecule has 0 bridgehead atoms. The Labute approximate surface area is 175 Å². The molecule has 2 fully saturated rings. The molecule has 1 aromatic rings. The zero-order valence-electron chi connectivity index (χ0n) is 18.0. The minimum Gasteiger partial charge on any atom is -0.342 e. The molecular formula is C23H36N4O2. The van der Waals surface area contributed by atoms with Crippen LogP contribution in [0.4, 0.5) is 5.69 Å². The van der Waals surface area contributed by atoms with E-state index in [-0.39, 0.29) is 17.9 Å². The highest BCUT2D eigenvalue weighted by Crippen LogP contribution is 2.14. The molecule has 2 heterocycles. The number of likely N-dealkylation sites (tertiary alicyclic amines) is 1. The van der Waals surface area contributed by atoms with Crippen LogP contribution in [0, 0.1) is 0 Å². The Hall–Kier alpha value is -1.92. The van der Waals surface area contributed by atoms with Crippen molar-refractivity contribution in [1.82, 2.24) is 14.7 Å². The molecule has 2 aliphatic heterocycles. The molecule has 0 spiro atoms. The predicted octanol–water partition coefficient (Wildman–Crippen LogP) is 2.60. The van der Waals surface area contributed by atoms with Crippen LogP contribution >= 0.6 is 0 Å². The topological polar surface area (TPSA) is 55.9 Å². The summed E-state index contributed by atoms with van der Waals surface area (Å²) in [4.78, 5) is 31.7. The minimum atomic E-state index is -0.177. The van der Waals surface area contributed by atoms with Gasteiger partial charge in [-0.25, -0.2) is 0 Å². The van der Waals surface area contributed by atoms with Gasteiger partial charge in [-0.15, -0.1) is 0 Å². The average Bonchev–Trinajstić information content (AvgIpc) is 3.04. The quantitative estimate of drug-likeness (QED) is 0.798. The van der Waals surface area contributed by atoms with Gasteiger partial charge in [0.2, 0.25) is 11.8 Å². The smallest absolute Gasteiger partial charge is 0.241 e. The first-order valence-electron chi connectivity index (χ1n) is 11.2. The van der Waals surface area contributed by atoms with Gasteiger partial charge in [0.05, 0.1) is 12.6 Å². The van der Waals surface area contributed by atoms with Gasteiger partial charge >= 0.3 is 0 Å². The van der Waals surface area contributed by atoms with Gasteiger partial charge in [-0.3, -0.25) is 19.4 Å². The summed E-state index contributed by atoms with van der Waals surface area (Å²) in [5.41, 5.74) is 2.11. The molecule has 6 heteroatoms. The highest BCUT2D eigenvalue weighted by molar-refractivity contribution is 5.94. The second-order valence-electron chi connectivity index (χ2n) is 8.32. The van der Waals surface area contributed by atoms with Crippen LogP contribution < -0.4 is 5.32 Å². The molecule has 2 aliphatic rings. The monoisotopic (exact) mass is 400 g/mol. The summed E-state index contributed by atoms with van der Waals surface area (Å²) in [6.45, 7) is 9.73. The number of carbonyl (C=O) groups is 2. The third kappa shape index (κ3) is 6.28. The summed E-state index contributed by atoms with van der Waals surface area (Å²) in [5.74, 6) is 0.296. The van der Waals surface area contributed by atoms with E-state index in [0.29, 0.717) is 6.54 Å². The van der Waals surface area contributed by atoms with Gasteiger partial charge in [0.15, 0.2) is 0 Å². The number of hydrogen-bond donors (Lipinski definition) is 1. The fraction of sp³-hybridized carbons (Fsp3) is 0.652. The van der Waals surface area contributed by atoms with Crippen molar-refractivity contribution in [2.24, 2.45) is 0 Å². The molecule has 3 rings (SSSR count). The molecule has 1 N–H and O–H groups in total. The Morgan fingerprint density at radius 3 is 2.14 bits per heavy atom. The van der Waals surface area contributed by atoms with E-state index in [1.54, 1.807) is 0 Å². The molecule has 6 nitrogen and oxygen atoms in total. The van der Waals surface area contributed by atoms with Gasteiger partial charge in [0, 0.05) is 45.0 Å². The molecule has 0 aromatic heterocycles. The zero-order chi connectivity index (χ0) is 20.6. The van der Waals surface area contributed by atoms with Gasteiger partial charge < -0.3 is 10.2 Å². The van der Waals surface area contributed by atoms with Crippen molar-refractivity contribution in [2.45, 2.75) is 52.0 Å². The molecule has 0 saturated carbocycles. The molecule has 0 radical (unpaired) electrons. The van der Waals surface area contributed by atoms with Crippen molar-refractivity contribution in [3.63, 3.8) is 0 Å². The maximum atomic E-state index is 12.6. The molecule has 29 heavy (non-hydrogen) atoms. The lowest BCUT2D eigenvalue weighted by atomic mass is 10.1. The van der Waals surface area contributed by atoms with Gasteiger partial charge in [-0.2, -0.15) is 0 Å². The lowest BCUT2D eigenvalue weighted by Crippen LogP contribution is -2.54. The van der Waals surface area contributed by atoms with Crippen LogP contribution in [0.15, 0.2) is 24.3 Å². The predicted molar refractivity (Wildman–Crippen MR) is 117 cm³/mol. The number of carbonyl (C=O) groups excluding carboxylic acids is 2. The molecule has 160 valence electrons. The summed E-state index contributed by atoms with van der Waals surface area (Å²) in [7, 11) is 0. The number of nitrogens with one attached hydrogen (secondary N) is 1. The number of piperazine rings is 1. The molecular weight excluding hydrogens is 364 g/mol. The van der Waals surface area contributed by atoms with Crippen LogP contribution in [0.1, 0.15) is 45.1 Å². The third-order valence-corrected chi connectivity index (χ3v) is 6.28. The Morgan fingerprint density at radius 1 is 0.931 bits per heavy atom. The van der Waals surface area contributed by atoms with E-state index in [2.05, 4.69) is 34.2 Å². The highest BCUT2D eigenvalue weighted by Gasteiger charge is 2.27. The van der Waals surface area contributed by atoms with Crippen molar-refractivity contribution in [1.29, 1.82) is 0 Å². The number of benzene rings is 1. The zero-order valence-corrected chi connectivity index (χ0v) is 18.0. The van der Waals surface area contributed by atoms with E-state index < -0.39 is 0 Å². The van der Waals surface area contributed by atoms with E-state index in [1.807, 2.05) is 24.0 Å². The summed E-state index contributed by atoms with van der Waals surface area (Å²) < 4.78 is 0. The van der Waals surface area contributed by atoms with E-state index >= 15 is 0 Å². The summed E-state index contributed by atoms with van der Waals surface area (Å²) in [5, 5.41) is 3.03. The first kappa shape index (κ1) is 21.8. The maximum Gasteiger partial charge on any atom is 0.241 e. The van der Waals surface area contributed by atoms with Crippen LogP contribution in [0.2, 0.25) is 0 Å². The summed E-state index contributed by atoms with van der Waals surface area (Å²) in [6.07, 6.45) is 5.74. The van der Waals surface area contributed by atoms with Crippen molar-refractivity contribution in [2.75, 3.05) is 51.1 Å². The van der Waals surface area contributed by atoms with Crippen molar-refractivity contribution in [3.05, 3.63) is 29.8 Å². The van der Waals surface area contributed by atoms with Crippen LogP contribution in [0.25, 0.3) is 0 Å². The van der Waals surface area contributed by atoms with Gasteiger partial charge in [0.25, 0.3) is 0 Å². The lowest BCUT2D eigenvalue weighted by Gasteiger charge is -2.37. The van der Waals surface area contributed by atoms with Crippen molar-refractivity contribution < 1.29 is 9.59 Å². The number of aryl methyl sites for hydroxylation is 1. The Bertz CT molecular complexity index is 660. The fourth-order valence-corrected chi connectivity index (χ4v) is 4.16. The summed E-state index contributed by atoms with van der Waals surface area (Å²) >= 11 is 0. The Kier molecular flexibility index (Phi) is 8.07. The number of anilines is 1. The Morgan fingerprint density at radius 2 is 1.55 bits per heavy atom. The molecule has 1 aromatic carbocycles. The number of amides is 2. The highest BCUT2D eigenvalue weighted by atomic mass is 16.2.